The van der Waals surface area contributed by atoms with Crippen molar-refractivity contribution in [1.82, 2.24) is 0 Å². The van der Waals surface area contributed by atoms with E-state index in [4.69, 9.17) is 0 Å². The van der Waals surface area contributed by atoms with Gasteiger partial charge >= 0.3 is 0 Å². The molecule has 0 spiro atoms. The van der Waals surface area contributed by atoms with Crippen LogP contribution in [0.15, 0.2) is 45.6 Å². The van der Waals surface area contributed by atoms with Crippen molar-refractivity contribution < 1.29 is 0 Å². The number of allylic oxidation sites excluding steroid dienone is 8. The summed E-state index contributed by atoms with van der Waals surface area (Å²) in [6, 6.07) is 0. The molecule has 0 radical (unpaired) electrons. The van der Waals surface area contributed by atoms with E-state index >= 15 is 0 Å². The quantitative estimate of drug-likeness (QED) is 0.399. The fraction of sp³-hybridized carbons (Fsp3) is 0.733. The van der Waals surface area contributed by atoms with Crippen LogP contribution in [0.1, 0.15) is 107 Å². The lowest BCUT2D eigenvalue weighted by atomic mass is 9.67. The summed E-state index contributed by atoms with van der Waals surface area (Å²) in [5.41, 5.74) is 10.2. The fourth-order valence-electron chi connectivity index (χ4n) is 6.68. The SMILES string of the molecule is CC1=CC2C(=C(C)CC[C@H]2C(C)C)CC1.CC1=CC2C(=C(C)CC[C@H]2C(C)C)CC1. The normalized spacial score (nSPS) is 31.7. The molecule has 0 nitrogen and oxygen atoms in total. The van der Waals surface area contributed by atoms with Crippen LogP contribution < -0.4 is 0 Å². The summed E-state index contributed by atoms with van der Waals surface area (Å²) in [4.78, 5) is 0. The van der Waals surface area contributed by atoms with Gasteiger partial charge in [-0.2, -0.15) is 0 Å². The minimum absolute atomic E-state index is 0.785. The van der Waals surface area contributed by atoms with Gasteiger partial charge in [0, 0.05) is 11.8 Å². The van der Waals surface area contributed by atoms with Gasteiger partial charge in [0.05, 0.1) is 0 Å². The minimum atomic E-state index is 0.785. The molecule has 4 aliphatic carbocycles. The lowest BCUT2D eigenvalue weighted by Crippen LogP contribution is -2.27. The molecule has 0 saturated heterocycles. The van der Waals surface area contributed by atoms with Crippen LogP contribution in [0.5, 0.6) is 0 Å². The fourth-order valence-corrected chi connectivity index (χ4v) is 6.68. The summed E-state index contributed by atoms with van der Waals surface area (Å²) in [7, 11) is 0. The maximum Gasteiger partial charge on any atom is 0.00128 e. The Morgan fingerprint density at radius 2 is 0.933 bits per heavy atom. The van der Waals surface area contributed by atoms with Gasteiger partial charge in [-0.3, -0.25) is 0 Å². The van der Waals surface area contributed by atoms with Gasteiger partial charge in [-0.05, 0) is 103 Å². The van der Waals surface area contributed by atoms with Crippen molar-refractivity contribution >= 4 is 0 Å². The Kier molecular flexibility index (Phi) is 7.92. The second-order valence-corrected chi connectivity index (χ2v) is 11.6. The van der Waals surface area contributed by atoms with E-state index in [2.05, 4.69) is 67.5 Å². The molecule has 0 aromatic heterocycles. The first-order chi connectivity index (χ1) is 14.2. The molecule has 4 atom stereocenters. The molecular formula is C30H48. The molecule has 0 N–H and O–H groups in total. The number of fused-ring (bicyclic) bond motifs is 2. The van der Waals surface area contributed by atoms with Gasteiger partial charge < -0.3 is 0 Å². The molecule has 0 heterocycles. The highest BCUT2D eigenvalue weighted by molar-refractivity contribution is 5.31. The minimum Gasteiger partial charge on any atom is -0.0781 e. The molecular weight excluding hydrogens is 360 g/mol. The van der Waals surface area contributed by atoms with Gasteiger partial charge in [-0.1, -0.05) is 73.3 Å². The number of hydrogen-bond donors (Lipinski definition) is 0. The molecule has 30 heavy (non-hydrogen) atoms. The van der Waals surface area contributed by atoms with Crippen molar-refractivity contribution in [1.29, 1.82) is 0 Å². The summed E-state index contributed by atoms with van der Waals surface area (Å²) in [5, 5.41) is 0. The molecule has 0 saturated carbocycles. The molecule has 168 valence electrons. The average Bonchev–Trinajstić information content (AvgIpc) is 2.68. The number of hydrogen-bond acceptors (Lipinski definition) is 0. The maximum absolute atomic E-state index is 2.56. The molecule has 0 aromatic carbocycles. The second-order valence-electron chi connectivity index (χ2n) is 11.6. The van der Waals surface area contributed by atoms with Crippen LogP contribution in [0.25, 0.3) is 0 Å². The molecule has 0 amide bonds. The van der Waals surface area contributed by atoms with Gasteiger partial charge in [0.25, 0.3) is 0 Å². The lowest BCUT2D eigenvalue weighted by molar-refractivity contribution is 0.277. The molecule has 0 fully saturated rings. The van der Waals surface area contributed by atoms with E-state index in [0.717, 1.165) is 35.5 Å². The lowest BCUT2D eigenvalue weighted by Gasteiger charge is -2.38. The summed E-state index contributed by atoms with van der Waals surface area (Å²) < 4.78 is 0. The monoisotopic (exact) mass is 408 g/mol. The Bertz CT molecular complexity index is 672. The van der Waals surface area contributed by atoms with Crippen molar-refractivity contribution in [2.24, 2.45) is 35.5 Å². The molecule has 2 unspecified atom stereocenters. The predicted molar refractivity (Wildman–Crippen MR) is 133 cm³/mol. The smallest absolute Gasteiger partial charge is 0.00128 e. The zero-order valence-electron chi connectivity index (χ0n) is 21.3. The van der Waals surface area contributed by atoms with Crippen molar-refractivity contribution in [3.8, 4) is 0 Å². The summed E-state index contributed by atoms with van der Waals surface area (Å²) in [5.74, 6) is 5.04. The standard InChI is InChI=1S/2C15H24/c2*1-10(2)13-8-6-12(4)14-7-5-11(3)9-15(13)14/h2*9-10,13,15H,5-8H2,1-4H3/t2*13-,15?/m00/s1. The predicted octanol–water partition coefficient (Wildman–Crippen LogP) is 9.45. The second kappa shape index (κ2) is 10.1. The highest BCUT2D eigenvalue weighted by Gasteiger charge is 2.33. The van der Waals surface area contributed by atoms with E-state index in [-0.39, 0.29) is 0 Å². The molecule has 0 aliphatic heterocycles. The zero-order valence-corrected chi connectivity index (χ0v) is 21.3. The van der Waals surface area contributed by atoms with Crippen molar-refractivity contribution in [2.75, 3.05) is 0 Å². The highest BCUT2D eigenvalue weighted by Crippen LogP contribution is 2.45. The van der Waals surface area contributed by atoms with Gasteiger partial charge in [-0.15, -0.1) is 0 Å². The molecule has 4 rings (SSSR count). The van der Waals surface area contributed by atoms with Gasteiger partial charge in [0.2, 0.25) is 0 Å². The maximum atomic E-state index is 2.56. The average molecular weight is 409 g/mol. The number of rotatable bonds is 2. The van der Waals surface area contributed by atoms with Crippen LogP contribution in [0.4, 0.5) is 0 Å². The van der Waals surface area contributed by atoms with Crippen LogP contribution in [-0.2, 0) is 0 Å². The third-order valence-corrected chi connectivity index (χ3v) is 8.75. The first-order valence-electron chi connectivity index (χ1n) is 12.9. The molecule has 4 aliphatic rings. The Balaban J connectivity index is 0.000000171. The van der Waals surface area contributed by atoms with Crippen LogP contribution in [0, 0.1) is 35.5 Å². The van der Waals surface area contributed by atoms with Gasteiger partial charge in [0.15, 0.2) is 0 Å². The third-order valence-electron chi connectivity index (χ3n) is 8.75. The van der Waals surface area contributed by atoms with E-state index in [9.17, 15) is 0 Å². The van der Waals surface area contributed by atoms with Crippen molar-refractivity contribution in [2.45, 2.75) is 107 Å². The Hall–Kier alpha value is -1.04. The van der Waals surface area contributed by atoms with E-state index in [0.29, 0.717) is 0 Å². The Labute approximate surface area is 188 Å². The van der Waals surface area contributed by atoms with Crippen LogP contribution in [-0.4, -0.2) is 0 Å². The zero-order chi connectivity index (χ0) is 22.0. The van der Waals surface area contributed by atoms with E-state index in [1.54, 1.807) is 33.4 Å². The first kappa shape index (κ1) is 23.6. The van der Waals surface area contributed by atoms with Crippen molar-refractivity contribution in [3.05, 3.63) is 45.6 Å². The summed E-state index contributed by atoms with van der Waals surface area (Å²) in [6.07, 6.45) is 15.9. The first-order valence-corrected chi connectivity index (χ1v) is 12.9. The Morgan fingerprint density at radius 1 is 0.567 bits per heavy atom. The van der Waals surface area contributed by atoms with Crippen LogP contribution in [0.2, 0.25) is 0 Å². The molecule has 0 heteroatoms. The van der Waals surface area contributed by atoms with E-state index in [1.807, 2.05) is 0 Å². The van der Waals surface area contributed by atoms with E-state index in [1.165, 1.54) is 51.4 Å². The molecule has 0 aromatic rings. The summed E-state index contributed by atoms with van der Waals surface area (Å²) in [6.45, 7) is 18.9. The molecule has 0 bridgehead atoms. The third kappa shape index (κ3) is 5.23. The Morgan fingerprint density at radius 3 is 1.27 bits per heavy atom. The van der Waals surface area contributed by atoms with Crippen LogP contribution in [0.3, 0.4) is 0 Å². The van der Waals surface area contributed by atoms with Crippen LogP contribution >= 0.6 is 0 Å². The topological polar surface area (TPSA) is 0 Å². The largest absolute Gasteiger partial charge is 0.0781 e. The highest BCUT2D eigenvalue weighted by atomic mass is 14.4. The van der Waals surface area contributed by atoms with Crippen molar-refractivity contribution in [3.63, 3.8) is 0 Å². The van der Waals surface area contributed by atoms with Gasteiger partial charge in [0.1, 0.15) is 0 Å². The van der Waals surface area contributed by atoms with Gasteiger partial charge in [-0.25, -0.2) is 0 Å². The summed E-state index contributed by atoms with van der Waals surface area (Å²) >= 11 is 0. The van der Waals surface area contributed by atoms with E-state index < -0.39 is 0 Å².